The summed E-state index contributed by atoms with van der Waals surface area (Å²) in [6, 6.07) is 4.59. The standard InChI is InChI=1S/C15H11F2NO3/c1-7-4-12-14(15(20)18-7)10(6-13(19)21-12)9-3-2-8(16)5-11(9)17/h2-5,10H,6H2,1H3,(H,18,20). The van der Waals surface area contributed by atoms with Crippen LogP contribution in [0, 0.1) is 18.6 Å². The predicted octanol–water partition coefficient (Wildman–Crippen LogP) is 2.40. The number of rotatable bonds is 1. The molecule has 0 spiro atoms. The number of H-pyrrole nitrogens is 1. The van der Waals surface area contributed by atoms with E-state index in [-0.39, 0.29) is 23.3 Å². The van der Waals surface area contributed by atoms with E-state index in [4.69, 9.17) is 4.74 Å². The first-order valence-corrected chi connectivity index (χ1v) is 6.35. The van der Waals surface area contributed by atoms with Crippen LogP contribution in [0.1, 0.15) is 29.2 Å². The highest BCUT2D eigenvalue weighted by Crippen LogP contribution is 2.37. The molecule has 21 heavy (non-hydrogen) atoms. The van der Waals surface area contributed by atoms with Gasteiger partial charge in [0.25, 0.3) is 5.56 Å². The molecule has 1 atom stereocenters. The van der Waals surface area contributed by atoms with Gasteiger partial charge < -0.3 is 9.72 Å². The highest BCUT2D eigenvalue weighted by molar-refractivity contribution is 5.77. The highest BCUT2D eigenvalue weighted by atomic mass is 19.1. The molecule has 0 radical (unpaired) electrons. The van der Waals surface area contributed by atoms with Crippen LogP contribution in [0.15, 0.2) is 29.1 Å². The molecule has 1 aliphatic heterocycles. The van der Waals surface area contributed by atoms with Gasteiger partial charge in [-0.3, -0.25) is 9.59 Å². The Labute approximate surface area is 118 Å². The van der Waals surface area contributed by atoms with Crippen LogP contribution in [-0.2, 0) is 4.79 Å². The van der Waals surface area contributed by atoms with Gasteiger partial charge in [-0.2, -0.15) is 0 Å². The van der Waals surface area contributed by atoms with Crippen molar-refractivity contribution in [3.8, 4) is 5.75 Å². The van der Waals surface area contributed by atoms with Crippen molar-refractivity contribution >= 4 is 5.97 Å². The van der Waals surface area contributed by atoms with Gasteiger partial charge in [-0.25, -0.2) is 8.78 Å². The summed E-state index contributed by atoms with van der Waals surface area (Å²) in [5.41, 5.74) is 0.382. The van der Waals surface area contributed by atoms with Gasteiger partial charge >= 0.3 is 5.97 Å². The number of benzene rings is 1. The number of carbonyl (C=O) groups excluding carboxylic acids is 1. The molecule has 4 nitrogen and oxygen atoms in total. The summed E-state index contributed by atoms with van der Waals surface area (Å²) in [5.74, 6) is -2.72. The third-order valence-corrected chi connectivity index (χ3v) is 3.45. The number of aromatic nitrogens is 1. The largest absolute Gasteiger partial charge is 0.426 e. The Hall–Kier alpha value is -2.50. The van der Waals surface area contributed by atoms with E-state index in [1.807, 2.05) is 0 Å². The van der Waals surface area contributed by atoms with Crippen molar-refractivity contribution in [3.63, 3.8) is 0 Å². The summed E-state index contributed by atoms with van der Waals surface area (Å²) in [6.07, 6.45) is -0.165. The molecule has 1 N–H and O–H groups in total. The fourth-order valence-corrected chi connectivity index (χ4v) is 2.57. The van der Waals surface area contributed by atoms with Gasteiger partial charge in [-0.05, 0) is 18.6 Å². The van der Waals surface area contributed by atoms with Gasteiger partial charge in [0.2, 0.25) is 0 Å². The van der Waals surface area contributed by atoms with Crippen molar-refractivity contribution in [2.75, 3.05) is 0 Å². The number of nitrogens with one attached hydrogen (secondary N) is 1. The number of fused-ring (bicyclic) bond motifs is 1. The fourth-order valence-electron chi connectivity index (χ4n) is 2.57. The zero-order valence-electron chi connectivity index (χ0n) is 11.1. The number of hydrogen-bond donors (Lipinski definition) is 1. The first-order chi connectivity index (χ1) is 9.95. The van der Waals surface area contributed by atoms with Crippen molar-refractivity contribution in [3.05, 3.63) is 63.1 Å². The second-order valence-electron chi connectivity index (χ2n) is 4.96. The second-order valence-corrected chi connectivity index (χ2v) is 4.96. The lowest BCUT2D eigenvalue weighted by Gasteiger charge is -2.24. The monoisotopic (exact) mass is 291 g/mol. The molecule has 0 aliphatic carbocycles. The number of pyridine rings is 1. The van der Waals surface area contributed by atoms with Crippen molar-refractivity contribution < 1.29 is 18.3 Å². The number of aryl methyl sites for hydroxylation is 1. The number of ether oxygens (including phenoxy) is 1. The number of esters is 1. The zero-order valence-corrected chi connectivity index (χ0v) is 11.1. The summed E-state index contributed by atoms with van der Waals surface area (Å²) in [5, 5.41) is 0. The summed E-state index contributed by atoms with van der Waals surface area (Å²) < 4.78 is 32.0. The van der Waals surface area contributed by atoms with Crippen molar-refractivity contribution in [1.82, 2.24) is 4.98 Å². The van der Waals surface area contributed by atoms with Crippen LogP contribution in [0.25, 0.3) is 0 Å². The van der Waals surface area contributed by atoms with E-state index in [1.54, 1.807) is 6.92 Å². The van der Waals surface area contributed by atoms with Crippen LogP contribution >= 0.6 is 0 Å². The molecule has 3 rings (SSSR count). The molecule has 6 heteroatoms. The van der Waals surface area contributed by atoms with E-state index in [0.717, 1.165) is 12.1 Å². The highest BCUT2D eigenvalue weighted by Gasteiger charge is 2.33. The van der Waals surface area contributed by atoms with E-state index >= 15 is 0 Å². The van der Waals surface area contributed by atoms with Gasteiger partial charge in [0.1, 0.15) is 17.4 Å². The average molecular weight is 291 g/mol. The van der Waals surface area contributed by atoms with Gasteiger partial charge in [0.15, 0.2) is 0 Å². The minimum absolute atomic E-state index is 0.101. The van der Waals surface area contributed by atoms with Crippen LogP contribution in [0.3, 0.4) is 0 Å². The molecule has 2 aromatic rings. The van der Waals surface area contributed by atoms with Crippen molar-refractivity contribution in [2.45, 2.75) is 19.3 Å². The number of halogens is 2. The molecule has 1 aromatic carbocycles. The first kappa shape index (κ1) is 13.5. The summed E-state index contributed by atoms with van der Waals surface area (Å²) in [6.45, 7) is 1.65. The lowest BCUT2D eigenvalue weighted by Crippen LogP contribution is -2.28. The lowest BCUT2D eigenvalue weighted by atomic mass is 9.86. The molecule has 1 aromatic heterocycles. The van der Waals surface area contributed by atoms with Gasteiger partial charge in [0, 0.05) is 23.7 Å². The van der Waals surface area contributed by atoms with Crippen LogP contribution in [0.2, 0.25) is 0 Å². The Bertz CT molecular complexity index is 798. The molecule has 1 aliphatic rings. The van der Waals surface area contributed by atoms with Crippen molar-refractivity contribution in [2.24, 2.45) is 0 Å². The Balaban J connectivity index is 2.22. The molecule has 2 heterocycles. The van der Waals surface area contributed by atoms with E-state index in [9.17, 15) is 18.4 Å². The predicted molar refractivity (Wildman–Crippen MR) is 70.3 cm³/mol. The molecule has 0 saturated carbocycles. The average Bonchev–Trinajstić information content (AvgIpc) is 2.36. The number of carbonyl (C=O) groups is 1. The molecule has 1 unspecified atom stereocenters. The Morgan fingerprint density at radius 1 is 1.24 bits per heavy atom. The maximum absolute atomic E-state index is 14.0. The van der Waals surface area contributed by atoms with E-state index in [2.05, 4.69) is 4.98 Å². The minimum atomic E-state index is -0.791. The normalized spacial score (nSPS) is 17.3. The molecular formula is C15H11F2NO3. The van der Waals surface area contributed by atoms with Crippen molar-refractivity contribution in [1.29, 1.82) is 0 Å². The van der Waals surface area contributed by atoms with Crippen LogP contribution in [0.5, 0.6) is 5.75 Å². The Morgan fingerprint density at radius 2 is 2.00 bits per heavy atom. The topological polar surface area (TPSA) is 59.2 Å². The third kappa shape index (κ3) is 2.33. The van der Waals surface area contributed by atoms with E-state index in [0.29, 0.717) is 5.69 Å². The third-order valence-electron chi connectivity index (χ3n) is 3.45. The summed E-state index contributed by atoms with van der Waals surface area (Å²) in [4.78, 5) is 26.4. The summed E-state index contributed by atoms with van der Waals surface area (Å²) in [7, 11) is 0. The summed E-state index contributed by atoms with van der Waals surface area (Å²) >= 11 is 0. The maximum atomic E-state index is 14.0. The zero-order chi connectivity index (χ0) is 15.1. The maximum Gasteiger partial charge on any atom is 0.312 e. The van der Waals surface area contributed by atoms with Crippen LogP contribution in [-0.4, -0.2) is 11.0 Å². The lowest BCUT2D eigenvalue weighted by molar-refractivity contribution is -0.135. The van der Waals surface area contributed by atoms with Gasteiger partial charge in [0.05, 0.1) is 12.0 Å². The first-order valence-electron chi connectivity index (χ1n) is 6.35. The van der Waals surface area contributed by atoms with Gasteiger partial charge in [-0.15, -0.1) is 0 Å². The molecule has 108 valence electrons. The number of aromatic amines is 1. The SMILES string of the molecule is Cc1cc2c(c(=O)[nH]1)C(c1ccc(F)cc1F)CC(=O)O2. The Morgan fingerprint density at radius 3 is 2.71 bits per heavy atom. The van der Waals surface area contributed by atoms with Gasteiger partial charge in [-0.1, -0.05) is 6.07 Å². The molecule has 0 saturated heterocycles. The van der Waals surface area contributed by atoms with E-state index < -0.39 is 29.1 Å². The quantitative estimate of drug-likeness (QED) is 0.821. The Kier molecular flexibility index (Phi) is 3.08. The molecule has 0 amide bonds. The van der Waals surface area contributed by atoms with E-state index in [1.165, 1.54) is 12.1 Å². The second kappa shape index (κ2) is 4.80. The smallest absolute Gasteiger partial charge is 0.312 e. The van der Waals surface area contributed by atoms with Crippen LogP contribution in [0.4, 0.5) is 8.78 Å². The minimum Gasteiger partial charge on any atom is -0.426 e. The fraction of sp³-hybridized carbons (Fsp3) is 0.200. The van der Waals surface area contributed by atoms with Crippen LogP contribution < -0.4 is 10.3 Å². The molecular weight excluding hydrogens is 280 g/mol. The number of hydrogen-bond acceptors (Lipinski definition) is 3. The molecule has 0 fully saturated rings. The molecule has 0 bridgehead atoms.